The van der Waals surface area contributed by atoms with Crippen molar-refractivity contribution < 1.29 is 4.74 Å². The van der Waals surface area contributed by atoms with Crippen LogP contribution in [0.4, 0.5) is 5.69 Å². The van der Waals surface area contributed by atoms with E-state index in [-0.39, 0.29) is 5.41 Å². The molecule has 20 heavy (non-hydrogen) atoms. The molecule has 0 radical (unpaired) electrons. The van der Waals surface area contributed by atoms with Crippen molar-refractivity contribution in [3.8, 4) is 0 Å². The third kappa shape index (κ3) is 2.24. The first-order valence-electron chi connectivity index (χ1n) is 7.95. The zero-order chi connectivity index (χ0) is 14.4. The van der Waals surface area contributed by atoms with Crippen LogP contribution in [-0.4, -0.2) is 19.3 Å². The Bertz CT molecular complexity index is 499. The lowest BCUT2D eigenvalue weighted by Gasteiger charge is -2.38. The number of nitrogens with one attached hydrogen (secondary N) is 1. The zero-order valence-corrected chi connectivity index (χ0v) is 13.3. The lowest BCUT2D eigenvalue weighted by Crippen LogP contribution is -2.40. The van der Waals surface area contributed by atoms with Crippen LogP contribution in [0.1, 0.15) is 58.1 Å². The molecule has 2 aliphatic heterocycles. The molecule has 2 nitrogen and oxygen atoms in total. The van der Waals surface area contributed by atoms with Crippen LogP contribution < -0.4 is 5.32 Å². The number of fused-ring (bicyclic) bond motifs is 2. The Hall–Kier alpha value is -1.02. The molecule has 0 aliphatic carbocycles. The van der Waals surface area contributed by atoms with Gasteiger partial charge < -0.3 is 10.1 Å². The highest BCUT2D eigenvalue weighted by Gasteiger charge is 2.43. The molecule has 2 aliphatic rings. The van der Waals surface area contributed by atoms with Crippen LogP contribution in [-0.2, 0) is 15.6 Å². The monoisotopic (exact) mass is 273 g/mol. The summed E-state index contributed by atoms with van der Waals surface area (Å²) in [5, 5.41) is 3.63. The molecule has 2 unspecified atom stereocenters. The van der Waals surface area contributed by atoms with E-state index in [1.54, 1.807) is 0 Å². The minimum atomic E-state index is 0.216. The van der Waals surface area contributed by atoms with Crippen molar-refractivity contribution in [3.63, 3.8) is 0 Å². The van der Waals surface area contributed by atoms with Gasteiger partial charge in [-0.1, -0.05) is 39.8 Å². The van der Waals surface area contributed by atoms with E-state index in [1.165, 1.54) is 16.8 Å². The van der Waals surface area contributed by atoms with Crippen molar-refractivity contribution in [1.29, 1.82) is 0 Å². The van der Waals surface area contributed by atoms with Gasteiger partial charge in [-0.25, -0.2) is 0 Å². The van der Waals surface area contributed by atoms with Gasteiger partial charge in [-0.05, 0) is 41.9 Å². The number of rotatable bonds is 1. The number of anilines is 1. The summed E-state index contributed by atoms with van der Waals surface area (Å²) < 4.78 is 5.90. The predicted molar refractivity (Wildman–Crippen MR) is 84.6 cm³/mol. The summed E-state index contributed by atoms with van der Waals surface area (Å²) in [6, 6.07) is 7.01. The maximum absolute atomic E-state index is 5.90. The predicted octanol–water partition coefficient (Wildman–Crippen LogP) is 4.24. The van der Waals surface area contributed by atoms with E-state index in [1.807, 2.05) is 0 Å². The molecular weight excluding hydrogens is 246 g/mol. The van der Waals surface area contributed by atoms with Gasteiger partial charge in [-0.3, -0.25) is 0 Å². The number of benzene rings is 1. The number of hydrogen-bond acceptors (Lipinski definition) is 2. The Balaban J connectivity index is 1.99. The molecule has 1 saturated heterocycles. The second-order valence-electron chi connectivity index (χ2n) is 7.50. The summed E-state index contributed by atoms with van der Waals surface area (Å²) in [5.41, 5.74) is 4.84. The van der Waals surface area contributed by atoms with Crippen LogP contribution in [0.25, 0.3) is 0 Å². The first kappa shape index (κ1) is 13.9. The summed E-state index contributed by atoms with van der Waals surface area (Å²) in [5.74, 6) is 0. The third-order valence-corrected chi connectivity index (χ3v) is 5.08. The zero-order valence-electron chi connectivity index (χ0n) is 13.3. The normalized spacial score (nSPS) is 29.3. The van der Waals surface area contributed by atoms with Gasteiger partial charge in [-0.2, -0.15) is 0 Å². The molecule has 1 aromatic carbocycles. The third-order valence-electron chi connectivity index (χ3n) is 5.08. The number of ether oxygens (including phenoxy) is 1. The Kier molecular flexibility index (Phi) is 3.32. The molecule has 0 aromatic heterocycles. The van der Waals surface area contributed by atoms with Gasteiger partial charge >= 0.3 is 0 Å². The van der Waals surface area contributed by atoms with Crippen LogP contribution in [0.5, 0.6) is 0 Å². The summed E-state index contributed by atoms with van der Waals surface area (Å²) in [4.78, 5) is 0. The second kappa shape index (κ2) is 4.77. The lowest BCUT2D eigenvalue weighted by molar-refractivity contribution is -0.0179. The molecule has 2 heterocycles. The van der Waals surface area contributed by atoms with Gasteiger partial charge in [0, 0.05) is 24.3 Å². The molecule has 3 rings (SSSR count). The molecule has 1 aromatic rings. The molecule has 0 amide bonds. The molecular formula is C18H27NO. The standard InChI is InChI=1S/C18H27NO/c1-5-14-11-18(8-9-20-14)12-19-16-7-6-13(10-15(16)18)17(2,3)4/h6-7,10,14,19H,5,8-9,11-12H2,1-4H3. The van der Waals surface area contributed by atoms with Crippen molar-refractivity contribution in [1.82, 2.24) is 0 Å². The second-order valence-corrected chi connectivity index (χ2v) is 7.50. The van der Waals surface area contributed by atoms with Crippen LogP contribution in [0.3, 0.4) is 0 Å². The van der Waals surface area contributed by atoms with Gasteiger partial charge in [0.25, 0.3) is 0 Å². The summed E-state index contributed by atoms with van der Waals surface area (Å²) in [7, 11) is 0. The molecule has 110 valence electrons. The topological polar surface area (TPSA) is 21.3 Å². The average Bonchev–Trinajstić information content (AvgIpc) is 2.76. The molecule has 1 fully saturated rings. The smallest absolute Gasteiger partial charge is 0.0581 e. The van der Waals surface area contributed by atoms with E-state index in [2.05, 4.69) is 51.2 Å². The van der Waals surface area contributed by atoms with Crippen molar-refractivity contribution in [2.24, 2.45) is 0 Å². The van der Waals surface area contributed by atoms with E-state index in [0.717, 1.165) is 32.4 Å². The minimum absolute atomic E-state index is 0.216. The molecule has 0 bridgehead atoms. The van der Waals surface area contributed by atoms with Crippen LogP contribution in [0.2, 0.25) is 0 Å². The summed E-state index contributed by atoms with van der Waals surface area (Å²) in [6.07, 6.45) is 3.86. The Morgan fingerprint density at radius 3 is 2.85 bits per heavy atom. The minimum Gasteiger partial charge on any atom is -0.384 e. The molecule has 1 spiro atoms. The largest absolute Gasteiger partial charge is 0.384 e. The van der Waals surface area contributed by atoms with Crippen molar-refractivity contribution in [2.45, 2.75) is 63.9 Å². The van der Waals surface area contributed by atoms with Crippen molar-refractivity contribution >= 4 is 5.69 Å². The van der Waals surface area contributed by atoms with Gasteiger partial charge in [0.05, 0.1) is 6.10 Å². The molecule has 1 N–H and O–H groups in total. The maximum atomic E-state index is 5.90. The highest BCUT2D eigenvalue weighted by Crippen LogP contribution is 2.46. The molecule has 2 heteroatoms. The quantitative estimate of drug-likeness (QED) is 0.826. The fourth-order valence-electron chi connectivity index (χ4n) is 3.65. The van der Waals surface area contributed by atoms with E-state index in [4.69, 9.17) is 4.74 Å². The van der Waals surface area contributed by atoms with Crippen molar-refractivity contribution in [3.05, 3.63) is 29.3 Å². The Labute approximate surface area is 122 Å². The fraction of sp³-hybridized carbons (Fsp3) is 0.667. The van der Waals surface area contributed by atoms with E-state index in [0.29, 0.717) is 11.5 Å². The molecule has 0 saturated carbocycles. The van der Waals surface area contributed by atoms with E-state index < -0.39 is 0 Å². The molecule has 2 atom stereocenters. The maximum Gasteiger partial charge on any atom is 0.0581 e. The lowest BCUT2D eigenvalue weighted by atomic mass is 9.72. The van der Waals surface area contributed by atoms with Gasteiger partial charge in [0.15, 0.2) is 0 Å². The fourth-order valence-corrected chi connectivity index (χ4v) is 3.65. The number of hydrogen-bond donors (Lipinski definition) is 1. The van der Waals surface area contributed by atoms with Gasteiger partial charge in [-0.15, -0.1) is 0 Å². The highest BCUT2D eigenvalue weighted by atomic mass is 16.5. The highest BCUT2D eigenvalue weighted by molar-refractivity contribution is 5.62. The van der Waals surface area contributed by atoms with Crippen LogP contribution in [0.15, 0.2) is 18.2 Å². The SMILES string of the molecule is CCC1CC2(CCO1)CNc1ccc(C(C)(C)C)cc12. The Morgan fingerprint density at radius 1 is 1.35 bits per heavy atom. The van der Waals surface area contributed by atoms with Crippen molar-refractivity contribution in [2.75, 3.05) is 18.5 Å². The summed E-state index contributed by atoms with van der Waals surface area (Å²) >= 11 is 0. The van der Waals surface area contributed by atoms with E-state index >= 15 is 0 Å². The first-order chi connectivity index (χ1) is 9.44. The average molecular weight is 273 g/mol. The van der Waals surface area contributed by atoms with Gasteiger partial charge in [0.2, 0.25) is 0 Å². The Morgan fingerprint density at radius 2 is 2.15 bits per heavy atom. The first-order valence-corrected chi connectivity index (χ1v) is 7.95. The van der Waals surface area contributed by atoms with E-state index in [9.17, 15) is 0 Å². The van der Waals surface area contributed by atoms with Crippen LogP contribution in [0, 0.1) is 0 Å². The summed E-state index contributed by atoms with van der Waals surface area (Å²) in [6.45, 7) is 11.1. The van der Waals surface area contributed by atoms with Crippen LogP contribution >= 0.6 is 0 Å². The van der Waals surface area contributed by atoms with Gasteiger partial charge in [0.1, 0.15) is 0 Å².